The van der Waals surface area contributed by atoms with E-state index < -0.39 is 28.5 Å². The molecule has 224 valence electrons. The van der Waals surface area contributed by atoms with Crippen LogP contribution in [0.25, 0.3) is 0 Å². The molecule has 1 atom stereocenters. The predicted octanol–water partition coefficient (Wildman–Crippen LogP) is 5.87. The number of amides is 2. The molecule has 1 unspecified atom stereocenters. The lowest BCUT2D eigenvalue weighted by atomic mass is 9.94. The van der Waals surface area contributed by atoms with Crippen LogP contribution in [0.4, 0.5) is 5.69 Å². The van der Waals surface area contributed by atoms with Crippen LogP contribution in [0.1, 0.15) is 55.7 Å². The van der Waals surface area contributed by atoms with Crippen LogP contribution < -0.4 is 9.62 Å². The van der Waals surface area contributed by atoms with Crippen LogP contribution in [0.5, 0.6) is 0 Å². The van der Waals surface area contributed by atoms with Crippen LogP contribution in [0.2, 0.25) is 0 Å². The minimum Gasteiger partial charge on any atom is -0.352 e. The van der Waals surface area contributed by atoms with E-state index in [1.165, 1.54) is 0 Å². The van der Waals surface area contributed by atoms with Gasteiger partial charge in [0.25, 0.3) is 0 Å². The third-order valence-corrected chi connectivity index (χ3v) is 9.41. The fraction of sp³-hybridized carbons (Fsp3) is 0.394. The second kappa shape index (κ2) is 14.8. The molecule has 0 spiro atoms. The zero-order chi connectivity index (χ0) is 30.1. The average Bonchev–Trinajstić information content (AvgIpc) is 2.98. The maximum atomic E-state index is 14.2. The van der Waals surface area contributed by atoms with E-state index in [-0.39, 0.29) is 18.5 Å². The number of hydrogen-bond donors (Lipinski definition) is 1. The molecule has 3 aromatic rings. The SMILES string of the molecule is CCc1ccc(N(CC(=O)N(Cc2cccc(Br)c2)C(Cc2ccccc2)C(=O)NC2CCCCC2)S(C)(=O)=O)cc1. The number of carbonyl (C=O) groups excluding carboxylic acids is 2. The number of halogens is 1. The second-order valence-electron chi connectivity index (χ2n) is 11.0. The lowest BCUT2D eigenvalue weighted by Crippen LogP contribution is -2.55. The van der Waals surface area contributed by atoms with Gasteiger partial charge in [0.2, 0.25) is 21.8 Å². The molecule has 1 aliphatic carbocycles. The molecule has 1 saturated carbocycles. The molecule has 0 aromatic heterocycles. The van der Waals surface area contributed by atoms with Crippen molar-refractivity contribution in [1.29, 1.82) is 0 Å². The van der Waals surface area contributed by atoms with E-state index in [0.717, 1.165) is 70.2 Å². The molecule has 0 heterocycles. The molecule has 7 nitrogen and oxygen atoms in total. The summed E-state index contributed by atoms with van der Waals surface area (Å²) >= 11 is 3.51. The smallest absolute Gasteiger partial charge is 0.244 e. The third-order valence-electron chi connectivity index (χ3n) is 7.78. The van der Waals surface area contributed by atoms with E-state index in [1.54, 1.807) is 17.0 Å². The Hall–Kier alpha value is -3.17. The van der Waals surface area contributed by atoms with Gasteiger partial charge < -0.3 is 10.2 Å². The van der Waals surface area contributed by atoms with Crippen molar-refractivity contribution in [2.75, 3.05) is 17.1 Å². The van der Waals surface area contributed by atoms with E-state index in [1.807, 2.05) is 73.7 Å². The van der Waals surface area contributed by atoms with Crippen molar-refractivity contribution in [3.8, 4) is 0 Å². The van der Waals surface area contributed by atoms with Crippen molar-refractivity contribution >= 4 is 43.5 Å². The van der Waals surface area contributed by atoms with Gasteiger partial charge in [-0.1, -0.05) is 96.7 Å². The largest absolute Gasteiger partial charge is 0.352 e. The Bertz CT molecular complexity index is 1440. The molecule has 3 aromatic carbocycles. The summed E-state index contributed by atoms with van der Waals surface area (Å²) < 4.78 is 27.9. The topological polar surface area (TPSA) is 86.8 Å². The Morgan fingerprint density at radius 2 is 1.57 bits per heavy atom. The van der Waals surface area contributed by atoms with Gasteiger partial charge in [-0.3, -0.25) is 13.9 Å². The molecule has 0 saturated heterocycles. The van der Waals surface area contributed by atoms with Gasteiger partial charge in [-0.25, -0.2) is 8.42 Å². The van der Waals surface area contributed by atoms with E-state index in [4.69, 9.17) is 0 Å². The molecular weight excluding hydrogens is 614 g/mol. The highest BCUT2D eigenvalue weighted by Gasteiger charge is 2.34. The first-order chi connectivity index (χ1) is 20.1. The van der Waals surface area contributed by atoms with Gasteiger partial charge in [0, 0.05) is 23.5 Å². The van der Waals surface area contributed by atoms with Crippen LogP contribution in [-0.4, -0.2) is 50.0 Å². The number of sulfonamides is 1. The number of hydrogen-bond acceptors (Lipinski definition) is 4. The lowest BCUT2D eigenvalue weighted by Gasteiger charge is -2.35. The number of benzene rings is 3. The van der Waals surface area contributed by atoms with Crippen molar-refractivity contribution in [2.45, 2.75) is 70.5 Å². The van der Waals surface area contributed by atoms with Crippen LogP contribution >= 0.6 is 15.9 Å². The molecular formula is C33H40BrN3O4S. The van der Waals surface area contributed by atoms with Crippen LogP contribution in [0, 0.1) is 0 Å². The van der Waals surface area contributed by atoms with Gasteiger partial charge in [-0.2, -0.15) is 0 Å². The Morgan fingerprint density at radius 3 is 2.19 bits per heavy atom. The number of aryl methyl sites for hydroxylation is 1. The van der Waals surface area contributed by atoms with Crippen molar-refractivity contribution in [3.63, 3.8) is 0 Å². The Kier molecular flexibility index (Phi) is 11.2. The van der Waals surface area contributed by atoms with Gasteiger partial charge >= 0.3 is 0 Å². The van der Waals surface area contributed by atoms with E-state index >= 15 is 0 Å². The molecule has 4 rings (SSSR count). The first-order valence-corrected chi connectivity index (χ1v) is 17.2. The number of nitrogens with one attached hydrogen (secondary N) is 1. The standard InChI is InChI=1S/C33H40BrN3O4S/c1-3-25-17-19-30(20-18-25)37(42(2,40)41)24-32(38)36(23-27-13-10-14-28(34)21-27)31(22-26-11-6-4-7-12-26)33(39)35-29-15-8-5-9-16-29/h4,6-7,10-14,17-21,29,31H,3,5,8-9,15-16,22-24H2,1-2H3,(H,35,39). The summed E-state index contributed by atoms with van der Waals surface area (Å²) in [6, 6.07) is 23.7. The summed E-state index contributed by atoms with van der Waals surface area (Å²) in [4.78, 5) is 29.8. The molecule has 0 bridgehead atoms. The summed E-state index contributed by atoms with van der Waals surface area (Å²) in [6.07, 6.45) is 7.35. The van der Waals surface area contributed by atoms with E-state index in [2.05, 4.69) is 21.2 Å². The molecule has 9 heteroatoms. The number of anilines is 1. The molecule has 1 fully saturated rings. The first-order valence-electron chi connectivity index (χ1n) is 14.6. The highest BCUT2D eigenvalue weighted by atomic mass is 79.9. The highest BCUT2D eigenvalue weighted by molar-refractivity contribution is 9.10. The van der Waals surface area contributed by atoms with E-state index in [0.29, 0.717) is 12.1 Å². The second-order valence-corrected chi connectivity index (χ2v) is 13.8. The Morgan fingerprint density at radius 1 is 0.905 bits per heavy atom. The van der Waals surface area contributed by atoms with Crippen LogP contribution in [0.3, 0.4) is 0 Å². The zero-order valence-corrected chi connectivity index (χ0v) is 26.7. The number of rotatable bonds is 12. The van der Waals surface area contributed by atoms with Crippen LogP contribution in [0.15, 0.2) is 83.3 Å². The molecule has 2 amide bonds. The van der Waals surface area contributed by atoms with Crippen molar-refractivity contribution in [1.82, 2.24) is 10.2 Å². The Labute approximate surface area is 258 Å². The molecule has 1 aliphatic rings. The van der Waals surface area contributed by atoms with Gasteiger partial charge in [0.1, 0.15) is 12.6 Å². The summed E-state index contributed by atoms with van der Waals surface area (Å²) in [7, 11) is -3.80. The quantitative estimate of drug-likeness (QED) is 0.265. The fourth-order valence-corrected chi connectivity index (χ4v) is 6.74. The normalized spacial score (nSPS) is 14.6. The minimum atomic E-state index is -3.80. The van der Waals surface area contributed by atoms with Crippen molar-refractivity contribution < 1.29 is 18.0 Å². The Balaban J connectivity index is 1.71. The molecule has 42 heavy (non-hydrogen) atoms. The average molecular weight is 655 g/mol. The summed E-state index contributed by atoms with van der Waals surface area (Å²) in [5.41, 5.74) is 3.23. The monoisotopic (exact) mass is 653 g/mol. The zero-order valence-electron chi connectivity index (χ0n) is 24.3. The summed E-state index contributed by atoms with van der Waals surface area (Å²) in [6.45, 7) is 1.76. The van der Waals surface area contributed by atoms with Crippen molar-refractivity contribution in [3.05, 3.63) is 100 Å². The maximum absolute atomic E-state index is 14.2. The fourth-order valence-electron chi connectivity index (χ4n) is 5.44. The maximum Gasteiger partial charge on any atom is 0.244 e. The van der Waals surface area contributed by atoms with Gasteiger partial charge in [0.05, 0.1) is 11.9 Å². The number of carbonyl (C=O) groups is 2. The molecule has 0 radical (unpaired) electrons. The van der Waals surface area contributed by atoms with Crippen LogP contribution in [-0.2, 0) is 39.0 Å². The van der Waals surface area contributed by atoms with Gasteiger partial charge in [-0.05, 0) is 60.2 Å². The summed E-state index contributed by atoms with van der Waals surface area (Å²) in [5.74, 6) is -0.660. The van der Waals surface area contributed by atoms with E-state index in [9.17, 15) is 18.0 Å². The molecule has 1 N–H and O–H groups in total. The summed E-state index contributed by atoms with van der Waals surface area (Å²) in [5, 5.41) is 3.23. The minimum absolute atomic E-state index is 0.0666. The molecule has 0 aliphatic heterocycles. The first kappa shape index (κ1) is 31.8. The van der Waals surface area contributed by atoms with Gasteiger partial charge in [-0.15, -0.1) is 0 Å². The van der Waals surface area contributed by atoms with Gasteiger partial charge in [0.15, 0.2) is 0 Å². The highest BCUT2D eigenvalue weighted by Crippen LogP contribution is 2.23. The van der Waals surface area contributed by atoms with Crippen molar-refractivity contribution in [2.24, 2.45) is 0 Å². The lowest BCUT2D eigenvalue weighted by molar-refractivity contribution is -0.140. The third kappa shape index (κ3) is 8.91. The number of nitrogens with zero attached hydrogens (tertiary/aromatic N) is 2. The predicted molar refractivity (Wildman–Crippen MR) is 172 cm³/mol.